The number of hydrogen-bond donors (Lipinski definition) is 1. The van der Waals surface area contributed by atoms with Crippen molar-refractivity contribution < 1.29 is 13.2 Å². The summed E-state index contributed by atoms with van der Waals surface area (Å²) in [5.74, 6) is -0.262. The molecule has 1 amide bonds. The van der Waals surface area contributed by atoms with Crippen LogP contribution in [-0.4, -0.2) is 20.4 Å². The Morgan fingerprint density at radius 2 is 2.05 bits per heavy atom. The second-order valence-corrected chi connectivity index (χ2v) is 7.97. The summed E-state index contributed by atoms with van der Waals surface area (Å²) < 4.78 is 23.3. The fraction of sp³-hybridized carbons (Fsp3) is 0.417. The first-order valence-electron chi connectivity index (χ1n) is 5.84. The van der Waals surface area contributed by atoms with E-state index in [1.54, 1.807) is 13.0 Å². The minimum Gasteiger partial charge on any atom is -0.349 e. The molecule has 1 aliphatic carbocycles. The number of carbonyl (C=O) groups excluding carboxylic acids is 1. The lowest BCUT2D eigenvalue weighted by Gasteiger charge is -2.26. The Kier molecular flexibility index (Phi) is 4.23. The van der Waals surface area contributed by atoms with E-state index in [0.29, 0.717) is 15.6 Å². The molecule has 104 valence electrons. The van der Waals surface area contributed by atoms with Gasteiger partial charge in [0.25, 0.3) is 15.0 Å². The van der Waals surface area contributed by atoms with Crippen molar-refractivity contribution in [2.45, 2.75) is 37.1 Å². The van der Waals surface area contributed by atoms with Crippen LogP contribution >= 0.6 is 26.6 Å². The Labute approximate surface area is 125 Å². The van der Waals surface area contributed by atoms with Crippen molar-refractivity contribution in [3.05, 3.63) is 27.7 Å². The van der Waals surface area contributed by atoms with Crippen molar-refractivity contribution in [2.75, 3.05) is 0 Å². The predicted octanol–water partition coefficient (Wildman–Crippen LogP) is 2.97. The molecular formula is C12H13BrClNO3S. The van der Waals surface area contributed by atoms with Gasteiger partial charge in [-0.15, -0.1) is 0 Å². The van der Waals surface area contributed by atoms with Crippen LogP contribution in [-0.2, 0) is 9.05 Å². The van der Waals surface area contributed by atoms with Crippen molar-refractivity contribution in [2.24, 2.45) is 0 Å². The van der Waals surface area contributed by atoms with Crippen LogP contribution in [0.15, 0.2) is 21.5 Å². The summed E-state index contributed by atoms with van der Waals surface area (Å²) >= 11 is 3.18. The van der Waals surface area contributed by atoms with Gasteiger partial charge in [0.15, 0.2) is 0 Å². The molecule has 1 aromatic carbocycles. The summed E-state index contributed by atoms with van der Waals surface area (Å²) in [4.78, 5) is 12.0. The van der Waals surface area contributed by atoms with Crippen LogP contribution in [0.1, 0.15) is 35.2 Å². The van der Waals surface area contributed by atoms with E-state index in [9.17, 15) is 13.2 Å². The summed E-state index contributed by atoms with van der Waals surface area (Å²) in [6, 6.07) is 3.14. The maximum atomic E-state index is 12.0. The largest absolute Gasteiger partial charge is 0.349 e. The molecule has 0 aromatic heterocycles. The van der Waals surface area contributed by atoms with Crippen LogP contribution in [0.3, 0.4) is 0 Å². The Morgan fingerprint density at radius 1 is 1.42 bits per heavy atom. The van der Waals surface area contributed by atoms with Gasteiger partial charge in [-0.05, 0) is 59.8 Å². The highest BCUT2D eigenvalue weighted by molar-refractivity contribution is 9.10. The van der Waals surface area contributed by atoms with Crippen LogP contribution in [0.4, 0.5) is 0 Å². The zero-order valence-corrected chi connectivity index (χ0v) is 13.4. The molecular weight excluding hydrogens is 354 g/mol. The Hall–Kier alpha value is -0.590. The van der Waals surface area contributed by atoms with Gasteiger partial charge in [-0.25, -0.2) is 8.42 Å². The molecule has 1 N–H and O–H groups in total. The Balaban J connectivity index is 2.36. The highest BCUT2D eigenvalue weighted by atomic mass is 79.9. The van der Waals surface area contributed by atoms with Gasteiger partial charge in [0.1, 0.15) is 0 Å². The van der Waals surface area contributed by atoms with E-state index in [2.05, 4.69) is 21.2 Å². The minimum absolute atomic E-state index is 0.0760. The van der Waals surface area contributed by atoms with Crippen LogP contribution in [0.25, 0.3) is 0 Å². The fourth-order valence-corrected chi connectivity index (χ4v) is 4.02. The number of benzene rings is 1. The summed E-state index contributed by atoms with van der Waals surface area (Å²) in [5, 5.41) is 2.87. The molecule has 0 unspecified atom stereocenters. The minimum atomic E-state index is -3.89. The van der Waals surface area contributed by atoms with Crippen LogP contribution < -0.4 is 5.32 Å². The number of hydrogen-bond acceptors (Lipinski definition) is 3. The van der Waals surface area contributed by atoms with Gasteiger partial charge < -0.3 is 5.32 Å². The highest BCUT2D eigenvalue weighted by Gasteiger charge is 2.23. The van der Waals surface area contributed by atoms with Gasteiger partial charge in [-0.2, -0.15) is 0 Å². The van der Waals surface area contributed by atoms with Gasteiger partial charge >= 0.3 is 0 Å². The third-order valence-corrected chi connectivity index (χ3v) is 5.85. The molecule has 19 heavy (non-hydrogen) atoms. The fourth-order valence-electron chi connectivity index (χ4n) is 1.87. The molecule has 0 saturated heterocycles. The third-order valence-electron chi connectivity index (χ3n) is 3.19. The number of rotatable bonds is 3. The van der Waals surface area contributed by atoms with E-state index in [1.165, 1.54) is 6.07 Å². The van der Waals surface area contributed by atoms with Crippen molar-refractivity contribution >= 4 is 41.6 Å². The monoisotopic (exact) mass is 365 g/mol. The summed E-state index contributed by atoms with van der Waals surface area (Å²) in [6.45, 7) is 1.72. The number of aryl methyl sites for hydroxylation is 1. The van der Waals surface area contributed by atoms with Crippen LogP contribution in [0.2, 0.25) is 0 Å². The summed E-state index contributed by atoms with van der Waals surface area (Å²) in [7, 11) is 1.48. The smallest absolute Gasteiger partial charge is 0.262 e. The molecule has 0 aliphatic heterocycles. The SMILES string of the molecule is Cc1cc(C(=O)NC2CCC2)cc(S(=O)(=O)Cl)c1Br. The first kappa shape index (κ1) is 14.8. The number of carbonyl (C=O) groups is 1. The van der Waals surface area contributed by atoms with Gasteiger partial charge in [-0.3, -0.25) is 4.79 Å². The molecule has 7 heteroatoms. The van der Waals surface area contributed by atoms with Gasteiger partial charge in [0.05, 0.1) is 4.90 Å². The van der Waals surface area contributed by atoms with Crippen molar-refractivity contribution in [3.8, 4) is 0 Å². The molecule has 0 spiro atoms. The quantitative estimate of drug-likeness (QED) is 0.837. The second-order valence-electron chi connectivity index (χ2n) is 4.64. The molecule has 2 rings (SSSR count). The van der Waals surface area contributed by atoms with Crippen molar-refractivity contribution in [3.63, 3.8) is 0 Å². The Bertz CT molecular complexity index is 626. The topological polar surface area (TPSA) is 63.2 Å². The lowest BCUT2D eigenvalue weighted by molar-refractivity contribution is 0.0916. The van der Waals surface area contributed by atoms with E-state index in [0.717, 1.165) is 19.3 Å². The van der Waals surface area contributed by atoms with Crippen molar-refractivity contribution in [1.29, 1.82) is 0 Å². The van der Waals surface area contributed by atoms with Gasteiger partial charge in [-0.1, -0.05) is 0 Å². The summed E-state index contributed by atoms with van der Waals surface area (Å²) in [6.07, 6.45) is 3.06. The predicted molar refractivity (Wildman–Crippen MR) is 77.0 cm³/mol. The molecule has 0 heterocycles. The van der Waals surface area contributed by atoms with E-state index in [1.807, 2.05) is 0 Å². The van der Waals surface area contributed by atoms with E-state index in [-0.39, 0.29) is 16.8 Å². The van der Waals surface area contributed by atoms with E-state index in [4.69, 9.17) is 10.7 Å². The molecule has 1 saturated carbocycles. The average Bonchev–Trinajstić information content (AvgIpc) is 2.25. The second kappa shape index (κ2) is 5.42. The Morgan fingerprint density at radius 3 is 2.53 bits per heavy atom. The molecule has 0 atom stereocenters. The van der Waals surface area contributed by atoms with Crippen molar-refractivity contribution in [1.82, 2.24) is 5.32 Å². The maximum absolute atomic E-state index is 12.0. The van der Waals surface area contributed by atoms with E-state index < -0.39 is 9.05 Å². The molecule has 4 nitrogen and oxygen atoms in total. The molecule has 1 fully saturated rings. The lowest BCUT2D eigenvalue weighted by atomic mass is 9.93. The summed E-state index contributed by atoms with van der Waals surface area (Å²) in [5.41, 5.74) is 0.965. The number of amides is 1. The van der Waals surface area contributed by atoms with Crippen LogP contribution in [0, 0.1) is 6.92 Å². The van der Waals surface area contributed by atoms with Gasteiger partial charge in [0, 0.05) is 26.8 Å². The third kappa shape index (κ3) is 3.30. The first-order valence-corrected chi connectivity index (χ1v) is 8.95. The van der Waals surface area contributed by atoms with Crippen LogP contribution in [0.5, 0.6) is 0 Å². The first-order chi connectivity index (χ1) is 8.79. The lowest BCUT2D eigenvalue weighted by Crippen LogP contribution is -2.39. The highest BCUT2D eigenvalue weighted by Crippen LogP contribution is 2.30. The molecule has 0 bridgehead atoms. The maximum Gasteiger partial charge on any atom is 0.262 e. The average molecular weight is 367 g/mol. The normalized spacial score (nSPS) is 15.9. The van der Waals surface area contributed by atoms with E-state index >= 15 is 0 Å². The molecule has 1 aromatic rings. The molecule has 0 radical (unpaired) electrons. The molecule has 1 aliphatic rings. The standard InChI is InChI=1S/C12H13BrClNO3S/c1-7-5-8(12(16)15-9-3-2-4-9)6-10(11(7)13)19(14,17)18/h5-6,9H,2-4H2,1H3,(H,15,16). The number of halogens is 2. The van der Waals surface area contributed by atoms with Gasteiger partial charge in [0.2, 0.25) is 0 Å². The zero-order chi connectivity index (χ0) is 14.2. The number of nitrogens with one attached hydrogen (secondary N) is 1. The zero-order valence-electron chi connectivity index (χ0n) is 10.2.